The van der Waals surface area contributed by atoms with Gasteiger partial charge in [-0.1, -0.05) is 27.2 Å². The lowest BCUT2D eigenvalue weighted by molar-refractivity contribution is 0.0515. The van der Waals surface area contributed by atoms with Crippen molar-refractivity contribution < 1.29 is 14.7 Å². The molecule has 3 rings (SSSR count). The average Bonchev–Trinajstić information content (AvgIpc) is 2.54. The fourth-order valence-corrected chi connectivity index (χ4v) is 3.05. The first-order valence-corrected chi connectivity index (χ1v) is 8.20. The lowest BCUT2D eigenvalue weighted by atomic mass is 9.88. The number of halogens is 1. The number of phenols is 1. The highest BCUT2D eigenvalue weighted by molar-refractivity contribution is 9.10. The molecule has 0 aromatic heterocycles. The minimum Gasteiger partial charge on any atom is -0.508 e. The number of hydrogen-bond donors (Lipinski definition) is 1. The van der Waals surface area contributed by atoms with Gasteiger partial charge in [0.15, 0.2) is 0 Å². The van der Waals surface area contributed by atoms with Crippen LogP contribution in [0.2, 0.25) is 0 Å². The molecule has 4 nitrogen and oxygen atoms in total. The second-order valence-corrected chi connectivity index (χ2v) is 6.49. The van der Waals surface area contributed by atoms with E-state index in [4.69, 9.17) is 4.84 Å². The van der Waals surface area contributed by atoms with Gasteiger partial charge in [0.05, 0.1) is 11.3 Å². The van der Waals surface area contributed by atoms with E-state index in [1.807, 2.05) is 19.1 Å². The molecule has 118 valence electrons. The predicted molar refractivity (Wildman–Crippen MR) is 91.9 cm³/mol. The van der Waals surface area contributed by atoms with Gasteiger partial charge in [0.25, 0.3) is 0 Å². The summed E-state index contributed by atoms with van der Waals surface area (Å²) in [5.74, 6) is -0.197. The van der Waals surface area contributed by atoms with Gasteiger partial charge in [0, 0.05) is 10.0 Å². The summed E-state index contributed by atoms with van der Waals surface area (Å²) in [5, 5.41) is 13.9. The SMILES string of the molecule is Cc1cc2c(cc1O)CCC/C2=N/OC(=O)c1cccc(Br)c1. The van der Waals surface area contributed by atoms with Crippen molar-refractivity contribution in [1.82, 2.24) is 0 Å². The Morgan fingerprint density at radius 1 is 1.26 bits per heavy atom. The van der Waals surface area contributed by atoms with E-state index in [-0.39, 0.29) is 5.75 Å². The van der Waals surface area contributed by atoms with Crippen molar-refractivity contribution in [2.24, 2.45) is 5.16 Å². The van der Waals surface area contributed by atoms with Crippen LogP contribution in [0.3, 0.4) is 0 Å². The van der Waals surface area contributed by atoms with Crippen LogP contribution in [0.25, 0.3) is 0 Å². The highest BCUT2D eigenvalue weighted by Gasteiger charge is 2.19. The van der Waals surface area contributed by atoms with Gasteiger partial charge in [-0.15, -0.1) is 0 Å². The highest BCUT2D eigenvalue weighted by Crippen LogP contribution is 2.28. The van der Waals surface area contributed by atoms with E-state index in [0.29, 0.717) is 5.56 Å². The molecule has 1 N–H and O–H groups in total. The molecule has 0 atom stereocenters. The van der Waals surface area contributed by atoms with Gasteiger partial charge in [-0.3, -0.25) is 0 Å². The van der Waals surface area contributed by atoms with Gasteiger partial charge < -0.3 is 9.94 Å². The standard InChI is InChI=1S/C18H16BrNO3/c1-11-8-15-12(10-17(11)21)4-3-7-16(15)20-23-18(22)13-5-2-6-14(19)9-13/h2,5-6,8-10,21H,3-4,7H2,1H3/b20-16-. The van der Waals surface area contributed by atoms with E-state index < -0.39 is 5.97 Å². The summed E-state index contributed by atoms with van der Waals surface area (Å²) in [6.45, 7) is 1.84. The van der Waals surface area contributed by atoms with Gasteiger partial charge >= 0.3 is 5.97 Å². The zero-order valence-corrected chi connectivity index (χ0v) is 14.3. The smallest absolute Gasteiger partial charge is 0.365 e. The maximum Gasteiger partial charge on any atom is 0.365 e. The van der Waals surface area contributed by atoms with Crippen molar-refractivity contribution in [2.75, 3.05) is 0 Å². The molecule has 1 aliphatic carbocycles. The van der Waals surface area contributed by atoms with E-state index in [1.54, 1.807) is 24.3 Å². The number of aryl methyl sites for hydroxylation is 2. The van der Waals surface area contributed by atoms with Crippen molar-refractivity contribution in [1.29, 1.82) is 0 Å². The minimum absolute atomic E-state index is 0.288. The number of carbonyl (C=O) groups excluding carboxylic acids is 1. The van der Waals surface area contributed by atoms with Crippen molar-refractivity contribution in [2.45, 2.75) is 26.2 Å². The summed E-state index contributed by atoms with van der Waals surface area (Å²) < 4.78 is 0.814. The normalized spacial score (nSPS) is 15.3. The molecule has 5 heteroatoms. The molecule has 0 saturated carbocycles. The van der Waals surface area contributed by atoms with Crippen molar-refractivity contribution in [3.05, 3.63) is 63.1 Å². The second kappa shape index (κ2) is 6.54. The second-order valence-electron chi connectivity index (χ2n) is 5.58. The Kier molecular flexibility index (Phi) is 4.48. The van der Waals surface area contributed by atoms with Gasteiger partial charge in [-0.2, -0.15) is 0 Å². The quantitative estimate of drug-likeness (QED) is 0.628. The Morgan fingerprint density at radius 3 is 2.87 bits per heavy atom. The molecular weight excluding hydrogens is 358 g/mol. The molecule has 0 aliphatic heterocycles. The Hall–Kier alpha value is -2.14. The molecule has 0 heterocycles. The molecule has 0 saturated heterocycles. The maximum absolute atomic E-state index is 12.1. The summed E-state index contributed by atoms with van der Waals surface area (Å²) in [6, 6.07) is 10.7. The summed E-state index contributed by atoms with van der Waals surface area (Å²) in [5.41, 5.74) is 3.97. The number of oxime groups is 1. The lowest BCUT2D eigenvalue weighted by Gasteiger charge is -2.18. The maximum atomic E-state index is 12.1. The van der Waals surface area contributed by atoms with Crippen LogP contribution in [0.5, 0.6) is 5.75 Å². The third-order valence-electron chi connectivity index (χ3n) is 3.89. The highest BCUT2D eigenvalue weighted by atomic mass is 79.9. The van der Waals surface area contributed by atoms with E-state index in [1.165, 1.54) is 0 Å². The third kappa shape index (κ3) is 3.45. The van der Waals surface area contributed by atoms with E-state index in [2.05, 4.69) is 21.1 Å². The van der Waals surface area contributed by atoms with Crippen LogP contribution in [-0.2, 0) is 11.3 Å². The number of nitrogens with zero attached hydrogens (tertiary/aromatic N) is 1. The topological polar surface area (TPSA) is 58.9 Å². The molecule has 0 spiro atoms. The summed E-state index contributed by atoms with van der Waals surface area (Å²) in [7, 11) is 0. The van der Waals surface area contributed by atoms with Crippen LogP contribution in [0.1, 0.15) is 39.9 Å². The zero-order chi connectivity index (χ0) is 16.4. The first-order chi connectivity index (χ1) is 11.0. The summed E-state index contributed by atoms with van der Waals surface area (Å²) in [6.07, 6.45) is 2.56. The number of phenolic OH excluding ortho intramolecular Hbond substituents is 1. The molecule has 0 bridgehead atoms. The Labute approximate surface area is 142 Å². The molecule has 0 fully saturated rings. The van der Waals surface area contributed by atoms with Crippen LogP contribution in [0.15, 0.2) is 46.0 Å². The van der Waals surface area contributed by atoms with Gasteiger partial charge in [-0.25, -0.2) is 4.79 Å². The number of rotatable bonds is 2. The Bertz CT molecular complexity index is 799. The predicted octanol–water partition coefficient (Wildman–Crippen LogP) is 4.36. The van der Waals surface area contributed by atoms with E-state index in [0.717, 1.165) is 46.1 Å². The Balaban J connectivity index is 1.85. The van der Waals surface area contributed by atoms with Gasteiger partial charge in [0.1, 0.15) is 5.75 Å². The van der Waals surface area contributed by atoms with Crippen molar-refractivity contribution in [3.8, 4) is 5.75 Å². The number of carbonyl (C=O) groups is 1. The lowest BCUT2D eigenvalue weighted by Crippen LogP contribution is -2.14. The fourth-order valence-electron chi connectivity index (χ4n) is 2.66. The summed E-state index contributed by atoms with van der Waals surface area (Å²) in [4.78, 5) is 17.2. The van der Waals surface area contributed by atoms with Crippen LogP contribution in [0, 0.1) is 6.92 Å². The molecule has 0 amide bonds. The first-order valence-electron chi connectivity index (χ1n) is 7.41. The fraction of sp³-hybridized carbons (Fsp3) is 0.222. The number of benzene rings is 2. The third-order valence-corrected chi connectivity index (χ3v) is 4.38. The first kappa shape index (κ1) is 15.7. The molecule has 2 aromatic carbocycles. The monoisotopic (exact) mass is 373 g/mol. The number of fused-ring (bicyclic) bond motifs is 1. The van der Waals surface area contributed by atoms with Crippen LogP contribution in [0.4, 0.5) is 0 Å². The van der Waals surface area contributed by atoms with Crippen LogP contribution >= 0.6 is 15.9 Å². The van der Waals surface area contributed by atoms with Crippen LogP contribution in [-0.4, -0.2) is 16.8 Å². The Morgan fingerprint density at radius 2 is 2.09 bits per heavy atom. The summed E-state index contributed by atoms with van der Waals surface area (Å²) >= 11 is 3.33. The van der Waals surface area contributed by atoms with E-state index in [9.17, 15) is 9.90 Å². The van der Waals surface area contributed by atoms with Gasteiger partial charge in [0.2, 0.25) is 0 Å². The molecule has 2 aromatic rings. The number of hydrogen-bond acceptors (Lipinski definition) is 4. The average molecular weight is 374 g/mol. The number of aromatic hydroxyl groups is 1. The molecular formula is C18H16BrNO3. The van der Waals surface area contributed by atoms with Gasteiger partial charge in [-0.05, 0) is 67.6 Å². The van der Waals surface area contributed by atoms with E-state index >= 15 is 0 Å². The molecule has 0 radical (unpaired) electrons. The minimum atomic E-state index is -0.485. The van der Waals surface area contributed by atoms with Crippen LogP contribution < -0.4 is 0 Å². The zero-order valence-electron chi connectivity index (χ0n) is 12.7. The van der Waals surface area contributed by atoms with Crippen molar-refractivity contribution >= 4 is 27.6 Å². The molecule has 23 heavy (non-hydrogen) atoms. The largest absolute Gasteiger partial charge is 0.508 e. The molecule has 1 aliphatic rings. The molecule has 0 unspecified atom stereocenters. The van der Waals surface area contributed by atoms with Crippen molar-refractivity contribution in [3.63, 3.8) is 0 Å².